The number of rotatable bonds is 5. The summed E-state index contributed by atoms with van der Waals surface area (Å²) < 4.78 is 13.2. The average Bonchev–Trinajstić information content (AvgIpc) is 3.92. The summed E-state index contributed by atoms with van der Waals surface area (Å²) in [5.74, 6) is 0. The van der Waals surface area contributed by atoms with Crippen LogP contribution in [0, 0.1) is 0 Å². The molecule has 9 aromatic carbocycles. The van der Waals surface area contributed by atoms with E-state index < -0.39 is 0 Å². The molecular formula is C55H37NO2. The molecule has 0 unspecified atom stereocenters. The smallest absolute Gasteiger partial charge is 0.143 e. The quantitative estimate of drug-likeness (QED) is 0.176. The van der Waals surface area contributed by atoms with E-state index in [1.165, 1.54) is 27.6 Å². The van der Waals surface area contributed by atoms with Crippen molar-refractivity contribution in [3.63, 3.8) is 0 Å². The summed E-state index contributed by atoms with van der Waals surface area (Å²) in [5, 5.41) is 6.81. The molecule has 274 valence electrons. The molecule has 0 fully saturated rings. The predicted molar refractivity (Wildman–Crippen MR) is 242 cm³/mol. The van der Waals surface area contributed by atoms with Gasteiger partial charge >= 0.3 is 0 Å². The third-order valence-corrected chi connectivity index (χ3v) is 12.5. The largest absolute Gasteiger partial charge is 0.456 e. The molecule has 0 saturated heterocycles. The summed E-state index contributed by atoms with van der Waals surface area (Å²) in [6.07, 6.45) is 0. The second kappa shape index (κ2) is 12.3. The molecule has 0 atom stereocenters. The van der Waals surface area contributed by atoms with Crippen LogP contribution in [-0.4, -0.2) is 0 Å². The fourth-order valence-electron chi connectivity index (χ4n) is 9.60. The standard InChI is InChI=1S/C55H37NO2/c1-55(2)48-19-8-5-14-40(48)41-31-28-38(33-49(41)55)56(37-26-22-34(23-27-37)36-25-29-44-43-16-7-10-21-51(43)57-52(44)32-36)50-20-9-6-15-42(50)45-17-11-18-46-47-30-24-35-12-3-4-13-39(35)53(47)58-54(45)46/h3-33H,1-2H3. The van der Waals surface area contributed by atoms with Crippen LogP contribution in [-0.2, 0) is 5.41 Å². The first-order valence-electron chi connectivity index (χ1n) is 20.0. The zero-order chi connectivity index (χ0) is 38.5. The van der Waals surface area contributed by atoms with E-state index in [-0.39, 0.29) is 5.41 Å². The maximum Gasteiger partial charge on any atom is 0.143 e. The Morgan fingerprint density at radius 1 is 0.379 bits per heavy atom. The van der Waals surface area contributed by atoms with Gasteiger partial charge < -0.3 is 13.7 Å². The van der Waals surface area contributed by atoms with Crippen LogP contribution >= 0.6 is 0 Å². The van der Waals surface area contributed by atoms with Gasteiger partial charge in [0.2, 0.25) is 0 Å². The number of fused-ring (bicyclic) bond motifs is 11. The summed E-state index contributed by atoms with van der Waals surface area (Å²) in [6, 6.07) is 67.7. The second-order valence-electron chi connectivity index (χ2n) is 16.1. The Balaban J connectivity index is 1.04. The molecule has 0 radical (unpaired) electrons. The van der Waals surface area contributed by atoms with E-state index in [2.05, 4.69) is 195 Å². The highest BCUT2D eigenvalue weighted by Crippen LogP contribution is 2.52. The summed E-state index contributed by atoms with van der Waals surface area (Å²) in [7, 11) is 0. The summed E-state index contributed by atoms with van der Waals surface area (Å²) in [6.45, 7) is 4.69. The molecule has 3 heteroatoms. The number of benzene rings is 9. The van der Waals surface area contributed by atoms with Crippen molar-refractivity contribution >= 4 is 71.7 Å². The van der Waals surface area contributed by atoms with Gasteiger partial charge in [0.1, 0.15) is 22.3 Å². The first kappa shape index (κ1) is 32.8. The lowest BCUT2D eigenvalue weighted by atomic mass is 9.82. The number of anilines is 3. The molecule has 58 heavy (non-hydrogen) atoms. The van der Waals surface area contributed by atoms with Gasteiger partial charge in [0.15, 0.2) is 0 Å². The van der Waals surface area contributed by atoms with Crippen LogP contribution in [0.15, 0.2) is 197 Å². The van der Waals surface area contributed by atoms with Crippen LogP contribution in [0.5, 0.6) is 0 Å². The molecule has 11 aromatic rings. The minimum atomic E-state index is -0.144. The van der Waals surface area contributed by atoms with Gasteiger partial charge in [-0.15, -0.1) is 0 Å². The zero-order valence-corrected chi connectivity index (χ0v) is 32.2. The molecule has 0 saturated carbocycles. The van der Waals surface area contributed by atoms with Crippen molar-refractivity contribution in [3.05, 3.63) is 199 Å². The van der Waals surface area contributed by atoms with Gasteiger partial charge in [0.25, 0.3) is 0 Å². The van der Waals surface area contributed by atoms with E-state index in [0.717, 1.165) is 88.6 Å². The van der Waals surface area contributed by atoms with Crippen molar-refractivity contribution < 1.29 is 8.83 Å². The average molecular weight is 744 g/mol. The Morgan fingerprint density at radius 3 is 1.91 bits per heavy atom. The summed E-state index contributed by atoms with van der Waals surface area (Å²) in [4.78, 5) is 2.41. The van der Waals surface area contributed by atoms with Crippen LogP contribution in [0.4, 0.5) is 17.1 Å². The Morgan fingerprint density at radius 2 is 1.02 bits per heavy atom. The molecule has 2 heterocycles. The Hall–Kier alpha value is -7.36. The lowest BCUT2D eigenvalue weighted by molar-refractivity contribution is 0.660. The molecule has 1 aliphatic carbocycles. The Kier molecular flexibility index (Phi) is 6.98. The van der Waals surface area contributed by atoms with Crippen LogP contribution in [0.1, 0.15) is 25.0 Å². The molecule has 12 rings (SSSR count). The van der Waals surface area contributed by atoms with E-state index in [4.69, 9.17) is 8.83 Å². The maximum atomic E-state index is 6.91. The molecule has 3 nitrogen and oxygen atoms in total. The van der Waals surface area contributed by atoms with E-state index in [1.54, 1.807) is 0 Å². The SMILES string of the molecule is CC1(C)c2ccccc2-c2ccc(N(c3ccc(-c4ccc5c(c4)oc4ccccc45)cc3)c3ccccc3-c3cccc4c3oc3c5ccccc5ccc43)cc21. The van der Waals surface area contributed by atoms with Crippen molar-refractivity contribution in [3.8, 4) is 33.4 Å². The number of hydrogen-bond acceptors (Lipinski definition) is 3. The third kappa shape index (κ3) is 4.80. The minimum Gasteiger partial charge on any atom is -0.456 e. The topological polar surface area (TPSA) is 29.5 Å². The van der Waals surface area contributed by atoms with Gasteiger partial charge in [-0.05, 0) is 93.4 Å². The highest BCUT2D eigenvalue weighted by Gasteiger charge is 2.36. The minimum absolute atomic E-state index is 0.144. The lowest BCUT2D eigenvalue weighted by Crippen LogP contribution is -2.16. The van der Waals surface area contributed by atoms with Crippen molar-refractivity contribution in [2.24, 2.45) is 0 Å². The molecule has 0 bridgehead atoms. The van der Waals surface area contributed by atoms with Crippen LogP contribution in [0.3, 0.4) is 0 Å². The van der Waals surface area contributed by atoms with E-state index in [1.807, 2.05) is 12.1 Å². The summed E-state index contributed by atoms with van der Waals surface area (Å²) >= 11 is 0. The van der Waals surface area contributed by atoms with Crippen molar-refractivity contribution in [1.82, 2.24) is 0 Å². The lowest BCUT2D eigenvalue weighted by Gasteiger charge is -2.30. The van der Waals surface area contributed by atoms with Gasteiger partial charge in [0, 0.05) is 54.8 Å². The summed E-state index contributed by atoms with van der Waals surface area (Å²) in [5.41, 5.74) is 16.4. The third-order valence-electron chi connectivity index (χ3n) is 12.5. The monoisotopic (exact) mass is 743 g/mol. The van der Waals surface area contributed by atoms with Crippen molar-refractivity contribution in [2.75, 3.05) is 4.90 Å². The molecule has 1 aliphatic rings. The molecule has 0 amide bonds. The van der Waals surface area contributed by atoms with Crippen LogP contribution < -0.4 is 4.90 Å². The van der Waals surface area contributed by atoms with Gasteiger partial charge in [-0.3, -0.25) is 0 Å². The Bertz CT molecular complexity index is 3440. The number of hydrogen-bond donors (Lipinski definition) is 0. The predicted octanol–water partition coefficient (Wildman–Crippen LogP) is 15.7. The van der Waals surface area contributed by atoms with Crippen molar-refractivity contribution in [1.29, 1.82) is 0 Å². The van der Waals surface area contributed by atoms with Crippen molar-refractivity contribution in [2.45, 2.75) is 19.3 Å². The molecule has 0 aliphatic heterocycles. The van der Waals surface area contributed by atoms with Crippen LogP contribution in [0.25, 0.3) is 88.0 Å². The number of furan rings is 2. The second-order valence-corrected chi connectivity index (χ2v) is 16.1. The highest BCUT2D eigenvalue weighted by atomic mass is 16.3. The van der Waals surface area contributed by atoms with Gasteiger partial charge in [-0.2, -0.15) is 0 Å². The Labute approximate surface area is 336 Å². The van der Waals surface area contributed by atoms with Crippen LogP contribution in [0.2, 0.25) is 0 Å². The fraction of sp³-hybridized carbons (Fsp3) is 0.0545. The van der Waals surface area contributed by atoms with E-state index in [9.17, 15) is 0 Å². The molecule has 2 aromatic heterocycles. The zero-order valence-electron chi connectivity index (χ0n) is 32.2. The van der Waals surface area contributed by atoms with E-state index in [0.29, 0.717) is 0 Å². The van der Waals surface area contributed by atoms with E-state index >= 15 is 0 Å². The molecular weight excluding hydrogens is 707 g/mol. The molecule has 0 N–H and O–H groups in total. The number of para-hydroxylation sites is 3. The number of nitrogens with zero attached hydrogens (tertiary/aromatic N) is 1. The first-order chi connectivity index (χ1) is 28.5. The first-order valence-corrected chi connectivity index (χ1v) is 20.0. The fourth-order valence-corrected chi connectivity index (χ4v) is 9.60. The molecule has 0 spiro atoms. The maximum absolute atomic E-state index is 6.91. The van der Waals surface area contributed by atoms with Gasteiger partial charge in [-0.25, -0.2) is 0 Å². The van der Waals surface area contributed by atoms with Gasteiger partial charge in [-0.1, -0.05) is 147 Å². The normalized spacial score (nSPS) is 13.1. The highest BCUT2D eigenvalue weighted by molar-refractivity contribution is 6.17. The van der Waals surface area contributed by atoms with Gasteiger partial charge in [0.05, 0.1) is 5.69 Å².